The third-order valence-electron chi connectivity index (χ3n) is 2.64. The highest BCUT2D eigenvalue weighted by Gasteiger charge is 2.03. The van der Waals surface area contributed by atoms with Crippen molar-refractivity contribution < 1.29 is 4.74 Å². The maximum absolute atomic E-state index is 5.44. The van der Waals surface area contributed by atoms with Crippen LogP contribution in [-0.2, 0) is 6.42 Å². The first-order valence-corrected chi connectivity index (χ1v) is 7.72. The van der Waals surface area contributed by atoms with Crippen LogP contribution in [0.1, 0.15) is 18.1 Å². The molecule has 0 unspecified atom stereocenters. The van der Waals surface area contributed by atoms with Gasteiger partial charge in [-0.05, 0) is 77.4 Å². The molecule has 0 spiro atoms. The highest BCUT2D eigenvalue weighted by molar-refractivity contribution is 14.1. The molecule has 1 nitrogen and oxygen atoms in total. The zero-order chi connectivity index (χ0) is 13.0. The van der Waals surface area contributed by atoms with E-state index < -0.39 is 0 Å². The maximum Gasteiger partial charge on any atom is 0.119 e. The van der Waals surface area contributed by atoms with Gasteiger partial charge in [-0.3, -0.25) is 0 Å². The van der Waals surface area contributed by atoms with Gasteiger partial charge in [0.2, 0.25) is 0 Å². The molecule has 0 aliphatic rings. The molecule has 0 N–H and O–H groups in total. The Hall–Kier alpha value is -0.550. The van der Waals surface area contributed by atoms with Crippen molar-refractivity contribution in [1.82, 2.24) is 0 Å². The topological polar surface area (TPSA) is 9.23 Å². The summed E-state index contributed by atoms with van der Waals surface area (Å²) >= 11 is 5.90. The maximum atomic E-state index is 5.44. The summed E-state index contributed by atoms with van der Waals surface area (Å²) in [6, 6.07) is 14.7. The average molecular weight is 417 g/mol. The fraction of sp³-hybridized carbons (Fsp3) is 0.200. The molecule has 0 bridgehead atoms. The van der Waals surface area contributed by atoms with Gasteiger partial charge in [0.15, 0.2) is 0 Å². The first-order valence-electron chi connectivity index (χ1n) is 5.84. The van der Waals surface area contributed by atoms with Gasteiger partial charge >= 0.3 is 0 Å². The molecule has 94 valence electrons. The highest BCUT2D eigenvalue weighted by Crippen LogP contribution is 2.22. The summed E-state index contributed by atoms with van der Waals surface area (Å²) < 4.78 is 7.87. The van der Waals surface area contributed by atoms with Crippen LogP contribution in [0.15, 0.2) is 46.9 Å². The molecule has 0 amide bonds. The van der Waals surface area contributed by atoms with Crippen LogP contribution in [0, 0.1) is 3.57 Å². The number of benzene rings is 2. The molecule has 0 radical (unpaired) electrons. The number of ether oxygens (including phenoxy) is 1. The molecule has 0 fully saturated rings. The van der Waals surface area contributed by atoms with Crippen LogP contribution >= 0.6 is 38.5 Å². The minimum Gasteiger partial charge on any atom is -0.494 e. The van der Waals surface area contributed by atoms with Gasteiger partial charge in [0.1, 0.15) is 5.75 Å². The summed E-state index contributed by atoms with van der Waals surface area (Å²) in [5.41, 5.74) is 2.64. The number of rotatable bonds is 4. The van der Waals surface area contributed by atoms with E-state index in [9.17, 15) is 0 Å². The number of hydrogen-bond donors (Lipinski definition) is 0. The lowest BCUT2D eigenvalue weighted by Gasteiger charge is -2.07. The van der Waals surface area contributed by atoms with Gasteiger partial charge in [-0.15, -0.1) is 0 Å². The monoisotopic (exact) mass is 416 g/mol. The fourth-order valence-corrected chi connectivity index (χ4v) is 2.70. The average Bonchev–Trinajstić information content (AvgIpc) is 2.37. The lowest BCUT2D eigenvalue weighted by molar-refractivity contribution is 0.340. The third kappa shape index (κ3) is 3.72. The summed E-state index contributed by atoms with van der Waals surface area (Å²) in [5, 5.41) is 0. The van der Waals surface area contributed by atoms with Gasteiger partial charge in [0.25, 0.3) is 0 Å². The van der Waals surface area contributed by atoms with E-state index in [0.717, 1.165) is 16.6 Å². The van der Waals surface area contributed by atoms with Crippen LogP contribution < -0.4 is 4.74 Å². The van der Waals surface area contributed by atoms with Crippen molar-refractivity contribution in [3.8, 4) is 5.75 Å². The smallest absolute Gasteiger partial charge is 0.119 e. The van der Waals surface area contributed by atoms with E-state index in [2.05, 4.69) is 68.9 Å². The molecular weight excluding hydrogens is 403 g/mol. The van der Waals surface area contributed by atoms with Crippen LogP contribution in [0.3, 0.4) is 0 Å². The summed E-state index contributed by atoms with van der Waals surface area (Å²) in [7, 11) is 0. The molecule has 0 heterocycles. The van der Waals surface area contributed by atoms with Gasteiger partial charge in [-0.2, -0.15) is 0 Å². The molecular formula is C15H14BrIO. The number of halogens is 2. The van der Waals surface area contributed by atoms with Crippen LogP contribution in [0.25, 0.3) is 0 Å². The SMILES string of the molecule is CCOc1ccc(Cc2cc(Br)ccc2I)cc1. The Balaban J connectivity index is 2.15. The van der Waals surface area contributed by atoms with Crippen molar-refractivity contribution in [3.05, 3.63) is 61.6 Å². The Morgan fingerprint density at radius 3 is 2.50 bits per heavy atom. The molecule has 0 saturated heterocycles. The molecule has 2 rings (SSSR count). The minimum atomic E-state index is 0.711. The van der Waals surface area contributed by atoms with E-state index in [0.29, 0.717) is 6.61 Å². The molecule has 0 aliphatic carbocycles. The van der Waals surface area contributed by atoms with Crippen molar-refractivity contribution in [2.75, 3.05) is 6.61 Å². The van der Waals surface area contributed by atoms with E-state index in [1.807, 2.05) is 19.1 Å². The zero-order valence-electron chi connectivity index (χ0n) is 10.1. The summed E-state index contributed by atoms with van der Waals surface area (Å²) in [6.07, 6.45) is 0.949. The second-order valence-electron chi connectivity index (χ2n) is 3.99. The normalized spacial score (nSPS) is 10.4. The molecule has 3 heteroatoms. The molecule has 2 aromatic rings. The largest absolute Gasteiger partial charge is 0.494 e. The van der Waals surface area contributed by atoms with Crippen molar-refractivity contribution in [2.24, 2.45) is 0 Å². The molecule has 18 heavy (non-hydrogen) atoms. The second-order valence-corrected chi connectivity index (χ2v) is 6.07. The zero-order valence-corrected chi connectivity index (χ0v) is 13.9. The van der Waals surface area contributed by atoms with Gasteiger partial charge in [0.05, 0.1) is 6.61 Å². The van der Waals surface area contributed by atoms with Gasteiger partial charge in [0, 0.05) is 8.04 Å². The molecule has 0 saturated carbocycles. The van der Waals surface area contributed by atoms with Crippen LogP contribution in [0.4, 0.5) is 0 Å². The van der Waals surface area contributed by atoms with Crippen LogP contribution in [-0.4, -0.2) is 6.61 Å². The molecule has 0 aliphatic heterocycles. The number of hydrogen-bond acceptors (Lipinski definition) is 1. The van der Waals surface area contributed by atoms with E-state index in [1.54, 1.807) is 0 Å². The van der Waals surface area contributed by atoms with Crippen molar-refractivity contribution in [3.63, 3.8) is 0 Å². The van der Waals surface area contributed by atoms with E-state index >= 15 is 0 Å². The van der Waals surface area contributed by atoms with Gasteiger partial charge in [-0.1, -0.05) is 28.1 Å². The Kier molecular flexibility index (Phi) is 5.06. The highest BCUT2D eigenvalue weighted by atomic mass is 127. The van der Waals surface area contributed by atoms with Gasteiger partial charge in [-0.25, -0.2) is 0 Å². The standard InChI is InChI=1S/C15H14BrIO/c1-2-18-14-6-3-11(4-7-14)9-12-10-13(16)5-8-15(12)17/h3-8,10H,2,9H2,1H3. The lowest BCUT2D eigenvalue weighted by atomic mass is 10.1. The minimum absolute atomic E-state index is 0.711. The first kappa shape index (κ1) is 13.9. The Labute approximate surface area is 130 Å². The summed E-state index contributed by atoms with van der Waals surface area (Å²) in [5.74, 6) is 0.935. The Morgan fingerprint density at radius 2 is 1.83 bits per heavy atom. The van der Waals surface area contributed by atoms with Gasteiger partial charge < -0.3 is 4.74 Å². The Bertz CT molecular complexity index is 523. The van der Waals surface area contributed by atoms with Crippen molar-refractivity contribution in [2.45, 2.75) is 13.3 Å². The lowest BCUT2D eigenvalue weighted by Crippen LogP contribution is -1.94. The molecule has 2 aromatic carbocycles. The predicted octanol–water partition coefficient (Wildman–Crippen LogP) is 5.04. The van der Waals surface area contributed by atoms with Crippen LogP contribution in [0.5, 0.6) is 5.75 Å². The summed E-state index contributed by atoms with van der Waals surface area (Å²) in [6.45, 7) is 2.71. The fourth-order valence-electron chi connectivity index (χ4n) is 1.77. The summed E-state index contributed by atoms with van der Waals surface area (Å²) in [4.78, 5) is 0. The quantitative estimate of drug-likeness (QED) is 0.634. The first-order chi connectivity index (χ1) is 8.69. The van der Waals surface area contributed by atoms with Crippen molar-refractivity contribution >= 4 is 38.5 Å². The van der Waals surface area contributed by atoms with E-state index in [4.69, 9.17) is 4.74 Å². The van der Waals surface area contributed by atoms with E-state index in [-0.39, 0.29) is 0 Å². The third-order valence-corrected chi connectivity index (χ3v) is 4.18. The van der Waals surface area contributed by atoms with Crippen LogP contribution in [0.2, 0.25) is 0 Å². The molecule has 0 atom stereocenters. The molecule has 0 aromatic heterocycles. The van der Waals surface area contributed by atoms with E-state index in [1.165, 1.54) is 14.7 Å². The Morgan fingerprint density at radius 1 is 1.11 bits per heavy atom. The second kappa shape index (κ2) is 6.57. The predicted molar refractivity (Wildman–Crippen MR) is 87.3 cm³/mol. The van der Waals surface area contributed by atoms with Crippen molar-refractivity contribution in [1.29, 1.82) is 0 Å².